The van der Waals surface area contributed by atoms with Crippen LogP contribution < -0.4 is 10.6 Å². The van der Waals surface area contributed by atoms with Gasteiger partial charge in [-0.15, -0.1) is 6.42 Å². The number of hydrogen-bond acceptors (Lipinski definition) is 7. The molecule has 0 aliphatic carbocycles. The average molecular weight is 740 g/mol. The van der Waals surface area contributed by atoms with Gasteiger partial charge >= 0.3 is 12.1 Å². The zero-order valence-electron chi connectivity index (χ0n) is 32.8. The van der Waals surface area contributed by atoms with Gasteiger partial charge in [0.1, 0.15) is 35.1 Å². The number of phenolic OH excluding ortho intramolecular Hbond substituents is 1. The van der Waals surface area contributed by atoms with E-state index in [-0.39, 0.29) is 25.1 Å². The number of alkyl carbamates (subject to hydrolysis) is 1. The van der Waals surface area contributed by atoms with E-state index in [9.17, 15) is 24.3 Å². The van der Waals surface area contributed by atoms with Crippen molar-refractivity contribution in [3.8, 4) is 18.1 Å². The minimum absolute atomic E-state index is 0.0452. The Morgan fingerprint density at radius 3 is 1.89 bits per heavy atom. The van der Waals surface area contributed by atoms with Crippen molar-refractivity contribution in [2.45, 2.75) is 123 Å². The second-order valence-electron chi connectivity index (χ2n) is 15.5. The second-order valence-corrected chi connectivity index (χ2v) is 15.5. The highest BCUT2D eigenvalue weighted by molar-refractivity contribution is 5.94. The van der Waals surface area contributed by atoms with E-state index in [0.717, 1.165) is 31.2 Å². The fourth-order valence-electron chi connectivity index (χ4n) is 5.87. The predicted molar refractivity (Wildman–Crippen MR) is 210 cm³/mol. The van der Waals surface area contributed by atoms with E-state index in [1.54, 1.807) is 77.9 Å². The van der Waals surface area contributed by atoms with Crippen molar-refractivity contribution in [2.24, 2.45) is 0 Å². The van der Waals surface area contributed by atoms with Crippen LogP contribution in [0.4, 0.5) is 4.79 Å². The lowest BCUT2D eigenvalue weighted by Gasteiger charge is -2.35. The summed E-state index contributed by atoms with van der Waals surface area (Å²) in [5.74, 6) is 0.906. The molecule has 0 aliphatic heterocycles. The number of benzene rings is 3. The van der Waals surface area contributed by atoms with Crippen LogP contribution in [-0.2, 0) is 36.7 Å². The first-order chi connectivity index (χ1) is 25.5. The molecule has 0 aliphatic rings. The Labute approximate surface area is 321 Å². The average Bonchev–Trinajstić information content (AvgIpc) is 3.10. The maximum Gasteiger partial charge on any atom is 0.408 e. The van der Waals surface area contributed by atoms with Gasteiger partial charge in [-0.05, 0) is 88.9 Å². The number of unbranched alkanes of at least 4 members (excludes halogenated alkanes) is 4. The predicted octanol–water partition coefficient (Wildman–Crippen LogP) is 7.42. The van der Waals surface area contributed by atoms with E-state index in [0.29, 0.717) is 23.1 Å². The number of carbonyl (C=O) groups is 4. The van der Waals surface area contributed by atoms with E-state index >= 15 is 0 Å². The number of rotatable bonds is 17. The minimum Gasteiger partial charge on any atom is -0.508 e. The Morgan fingerprint density at radius 1 is 0.741 bits per heavy atom. The third kappa shape index (κ3) is 14.6. The highest BCUT2D eigenvalue weighted by Crippen LogP contribution is 2.26. The maximum absolute atomic E-state index is 15.0. The highest BCUT2D eigenvalue weighted by atomic mass is 16.6. The first kappa shape index (κ1) is 43.1. The molecule has 3 amide bonds. The molecule has 3 N–H and O–H groups in total. The van der Waals surface area contributed by atoms with Crippen LogP contribution in [0.5, 0.6) is 5.75 Å². The fourth-order valence-corrected chi connectivity index (χ4v) is 5.87. The molecule has 3 aromatic rings. The molecule has 0 saturated carbocycles. The number of terminal acetylenes is 1. The van der Waals surface area contributed by atoms with E-state index < -0.39 is 53.2 Å². The summed E-state index contributed by atoms with van der Waals surface area (Å²) < 4.78 is 11.3. The molecule has 54 heavy (non-hydrogen) atoms. The normalized spacial score (nSPS) is 13.1. The third-order valence-electron chi connectivity index (χ3n) is 8.39. The van der Waals surface area contributed by atoms with Crippen LogP contribution in [0.3, 0.4) is 0 Å². The Morgan fingerprint density at radius 2 is 1.31 bits per heavy atom. The number of phenols is 1. The smallest absolute Gasteiger partial charge is 0.408 e. The summed E-state index contributed by atoms with van der Waals surface area (Å²) in [6.07, 6.45) is 9.44. The largest absolute Gasteiger partial charge is 0.508 e. The van der Waals surface area contributed by atoms with Crippen molar-refractivity contribution in [1.29, 1.82) is 0 Å². The molecule has 3 aromatic carbocycles. The van der Waals surface area contributed by atoms with Crippen molar-refractivity contribution in [3.05, 3.63) is 101 Å². The molecule has 10 nitrogen and oxygen atoms in total. The summed E-state index contributed by atoms with van der Waals surface area (Å²) in [4.78, 5) is 58.1. The maximum atomic E-state index is 15.0. The van der Waals surface area contributed by atoms with E-state index in [4.69, 9.17) is 15.9 Å². The summed E-state index contributed by atoms with van der Waals surface area (Å²) in [5, 5.41) is 15.6. The molecule has 0 fully saturated rings. The molecule has 10 heteroatoms. The first-order valence-corrected chi connectivity index (χ1v) is 18.7. The van der Waals surface area contributed by atoms with Crippen molar-refractivity contribution in [1.82, 2.24) is 15.5 Å². The van der Waals surface area contributed by atoms with E-state index in [1.807, 2.05) is 30.3 Å². The van der Waals surface area contributed by atoms with Crippen molar-refractivity contribution < 1.29 is 33.8 Å². The summed E-state index contributed by atoms with van der Waals surface area (Å²) in [6, 6.07) is 19.0. The Bertz CT molecular complexity index is 1700. The summed E-state index contributed by atoms with van der Waals surface area (Å²) in [6.45, 7) is 12.7. The molecule has 0 radical (unpaired) electrons. The zero-order valence-corrected chi connectivity index (χ0v) is 32.8. The molecule has 0 heterocycles. The van der Waals surface area contributed by atoms with E-state index in [1.165, 1.54) is 17.0 Å². The molecular weight excluding hydrogens is 682 g/mol. The monoisotopic (exact) mass is 739 g/mol. The molecule has 3 rings (SSSR count). The van der Waals surface area contributed by atoms with Gasteiger partial charge in [-0.2, -0.15) is 0 Å². The number of ether oxygens (including phenoxy) is 2. The lowest BCUT2D eigenvalue weighted by atomic mass is 9.98. The lowest BCUT2D eigenvalue weighted by molar-refractivity contribution is -0.159. The molecule has 0 spiro atoms. The van der Waals surface area contributed by atoms with Gasteiger partial charge < -0.3 is 30.1 Å². The minimum atomic E-state index is -1.22. The zero-order chi connectivity index (χ0) is 39.9. The van der Waals surface area contributed by atoms with Crippen molar-refractivity contribution in [3.63, 3.8) is 0 Å². The quantitative estimate of drug-likeness (QED) is 0.0746. The van der Waals surface area contributed by atoms with Crippen molar-refractivity contribution >= 4 is 23.9 Å². The van der Waals surface area contributed by atoms with Crippen LogP contribution in [0.2, 0.25) is 0 Å². The van der Waals surface area contributed by atoms with Gasteiger partial charge in [-0.1, -0.05) is 93.1 Å². The third-order valence-corrected chi connectivity index (χ3v) is 8.39. The standard InChI is InChI=1S/C44H57N3O7/c1-9-11-12-13-17-28-47(40(50)36(46-42(52)54-44(6,7)8)29-33-22-26-35(48)27-23-33)38(34-24-20-31(10-2)21-25-34)39(49)45-37(41(51)53-43(3,4)5)30-32-18-15-14-16-19-32/h2,14-16,18-27,36-38,48H,9,11-13,17,28-30H2,1,3-8H3,(H,45,49)(H,46,52). The topological polar surface area (TPSA) is 134 Å². The number of nitrogens with zero attached hydrogens (tertiary/aromatic N) is 1. The van der Waals surface area contributed by atoms with Gasteiger partial charge in [-0.3, -0.25) is 9.59 Å². The van der Waals surface area contributed by atoms with Gasteiger partial charge in [0.15, 0.2) is 0 Å². The summed E-state index contributed by atoms with van der Waals surface area (Å²) >= 11 is 0. The van der Waals surface area contributed by atoms with Gasteiger partial charge in [-0.25, -0.2) is 9.59 Å². The van der Waals surface area contributed by atoms with Crippen LogP contribution in [-0.4, -0.2) is 63.7 Å². The Balaban J connectivity index is 2.15. The van der Waals surface area contributed by atoms with Gasteiger partial charge in [0.05, 0.1) is 0 Å². The number of carbonyl (C=O) groups excluding carboxylic acids is 4. The molecule has 0 saturated heterocycles. The van der Waals surface area contributed by atoms with Crippen LogP contribution in [0.25, 0.3) is 0 Å². The number of esters is 1. The fraction of sp³-hybridized carbons (Fsp3) is 0.455. The van der Waals surface area contributed by atoms with Crippen LogP contribution in [0.1, 0.15) is 109 Å². The molecule has 3 unspecified atom stereocenters. The summed E-state index contributed by atoms with van der Waals surface area (Å²) in [5.41, 5.74) is 0.863. The van der Waals surface area contributed by atoms with Gasteiger partial charge in [0, 0.05) is 24.9 Å². The highest BCUT2D eigenvalue weighted by Gasteiger charge is 2.38. The molecule has 290 valence electrons. The van der Waals surface area contributed by atoms with Gasteiger partial charge in [0.25, 0.3) is 0 Å². The summed E-state index contributed by atoms with van der Waals surface area (Å²) in [7, 11) is 0. The number of hydrogen-bond donors (Lipinski definition) is 3. The Kier molecular flexibility index (Phi) is 16.2. The van der Waals surface area contributed by atoms with Crippen molar-refractivity contribution in [2.75, 3.05) is 6.54 Å². The van der Waals surface area contributed by atoms with E-state index in [2.05, 4.69) is 23.5 Å². The second kappa shape index (κ2) is 20.2. The Hall–Kier alpha value is -5.30. The SMILES string of the molecule is C#Cc1ccc(C(C(=O)NC(Cc2ccccc2)C(=O)OC(C)(C)C)N(CCCCCCC)C(=O)C(Cc2ccc(O)cc2)NC(=O)OC(C)(C)C)cc1. The molecule has 3 atom stereocenters. The number of aromatic hydroxyl groups is 1. The number of nitrogens with one attached hydrogen (secondary N) is 2. The van der Waals surface area contributed by atoms with Gasteiger partial charge in [0.2, 0.25) is 11.8 Å². The molecule has 0 bridgehead atoms. The first-order valence-electron chi connectivity index (χ1n) is 18.7. The van der Waals surface area contributed by atoms with Crippen LogP contribution >= 0.6 is 0 Å². The van der Waals surface area contributed by atoms with Crippen LogP contribution in [0.15, 0.2) is 78.9 Å². The number of amides is 3. The van der Waals surface area contributed by atoms with Crippen LogP contribution in [0, 0.1) is 12.3 Å². The molecular formula is C44H57N3O7. The molecule has 0 aromatic heterocycles. The lowest BCUT2D eigenvalue weighted by Crippen LogP contribution is -2.55.